The maximum absolute atomic E-state index is 13.0. The molecule has 1 aromatic rings. The van der Waals surface area contributed by atoms with Crippen LogP contribution in [0.3, 0.4) is 0 Å². The SMILES string of the molecule is CCOC(=O)[C@@H](c1ccc(C2CC2(F)F)cc1)[C@@H](C)C(F)(F)F. The standard InChI is InChI=1S/C16H17F5O2/c1-3-23-14(22)13(9(2)16(19,20)21)11-6-4-10(5-7-11)12-8-15(12,17)18/h4-7,9,12-13H,3,8H2,1-2H3/t9-,12?,13-/m1/s1. The summed E-state index contributed by atoms with van der Waals surface area (Å²) in [5, 5.41) is 0. The van der Waals surface area contributed by atoms with Gasteiger partial charge in [-0.2, -0.15) is 13.2 Å². The Morgan fingerprint density at radius 3 is 2.22 bits per heavy atom. The normalized spacial score (nSPS) is 22.3. The van der Waals surface area contributed by atoms with E-state index in [1.54, 1.807) is 0 Å². The number of carbonyl (C=O) groups excluding carboxylic acids is 1. The lowest BCUT2D eigenvalue weighted by Crippen LogP contribution is -2.32. The van der Waals surface area contributed by atoms with Crippen molar-refractivity contribution in [3.8, 4) is 0 Å². The molecule has 0 aliphatic heterocycles. The maximum Gasteiger partial charge on any atom is 0.392 e. The van der Waals surface area contributed by atoms with E-state index in [0.29, 0.717) is 5.56 Å². The first kappa shape index (κ1) is 17.7. The van der Waals surface area contributed by atoms with Crippen LogP contribution in [-0.4, -0.2) is 24.7 Å². The fraction of sp³-hybridized carbons (Fsp3) is 0.562. The lowest BCUT2D eigenvalue weighted by Gasteiger charge is -2.25. The Bertz CT molecular complexity index is 565. The highest BCUT2D eigenvalue weighted by Gasteiger charge is 2.57. The highest BCUT2D eigenvalue weighted by atomic mass is 19.4. The third-order valence-electron chi connectivity index (χ3n) is 4.08. The number of esters is 1. The minimum atomic E-state index is -4.57. The monoisotopic (exact) mass is 336 g/mol. The fourth-order valence-corrected chi connectivity index (χ4v) is 2.56. The molecule has 1 unspecified atom stereocenters. The quantitative estimate of drug-likeness (QED) is 0.578. The molecule has 2 nitrogen and oxygen atoms in total. The van der Waals surface area contributed by atoms with Crippen LogP contribution >= 0.6 is 0 Å². The van der Waals surface area contributed by atoms with Gasteiger partial charge in [0.1, 0.15) is 0 Å². The number of rotatable bonds is 5. The Hall–Kier alpha value is -1.66. The van der Waals surface area contributed by atoms with Crippen molar-refractivity contribution in [2.75, 3.05) is 6.61 Å². The summed E-state index contributed by atoms with van der Waals surface area (Å²) < 4.78 is 69.8. The van der Waals surface area contributed by atoms with Crippen molar-refractivity contribution in [1.82, 2.24) is 0 Å². The average molecular weight is 336 g/mol. The molecular weight excluding hydrogens is 319 g/mol. The predicted molar refractivity (Wildman–Crippen MR) is 73.3 cm³/mol. The van der Waals surface area contributed by atoms with Gasteiger partial charge in [0.25, 0.3) is 5.92 Å². The van der Waals surface area contributed by atoms with Crippen LogP contribution in [0.5, 0.6) is 0 Å². The molecule has 128 valence electrons. The summed E-state index contributed by atoms with van der Waals surface area (Å²) in [6, 6.07) is 5.31. The van der Waals surface area contributed by atoms with Gasteiger partial charge < -0.3 is 4.74 Å². The molecule has 1 fully saturated rings. The van der Waals surface area contributed by atoms with Crippen LogP contribution in [0.25, 0.3) is 0 Å². The van der Waals surface area contributed by atoms with Gasteiger partial charge in [0.15, 0.2) is 0 Å². The fourth-order valence-electron chi connectivity index (χ4n) is 2.56. The molecule has 0 spiro atoms. The van der Waals surface area contributed by atoms with Gasteiger partial charge in [-0.25, -0.2) is 8.78 Å². The first-order valence-electron chi connectivity index (χ1n) is 7.29. The van der Waals surface area contributed by atoms with E-state index in [1.807, 2.05) is 0 Å². The molecule has 23 heavy (non-hydrogen) atoms. The number of halogens is 5. The molecule has 2 rings (SSSR count). The number of hydrogen-bond acceptors (Lipinski definition) is 2. The zero-order chi connectivity index (χ0) is 17.4. The van der Waals surface area contributed by atoms with Crippen LogP contribution < -0.4 is 0 Å². The molecule has 0 heterocycles. The summed E-state index contributed by atoms with van der Waals surface area (Å²) in [4.78, 5) is 11.9. The summed E-state index contributed by atoms with van der Waals surface area (Å²) in [5.41, 5.74) is 0.474. The van der Waals surface area contributed by atoms with E-state index in [0.717, 1.165) is 6.92 Å². The van der Waals surface area contributed by atoms with E-state index in [1.165, 1.54) is 31.2 Å². The average Bonchev–Trinajstić information content (AvgIpc) is 3.08. The van der Waals surface area contributed by atoms with Crippen molar-refractivity contribution in [1.29, 1.82) is 0 Å². The van der Waals surface area contributed by atoms with Gasteiger partial charge in [-0.1, -0.05) is 31.2 Å². The minimum Gasteiger partial charge on any atom is -0.466 e. The second-order valence-electron chi connectivity index (χ2n) is 5.74. The Morgan fingerprint density at radius 2 is 1.83 bits per heavy atom. The molecule has 1 saturated carbocycles. The van der Waals surface area contributed by atoms with Crippen LogP contribution in [0, 0.1) is 5.92 Å². The molecule has 0 bridgehead atoms. The lowest BCUT2D eigenvalue weighted by molar-refractivity contribution is -0.185. The third kappa shape index (κ3) is 3.82. The van der Waals surface area contributed by atoms with Gasteiger partial charge in [0, 0.05) is 6.42 Å². The molecule has 7 heteroatoms. The summed E-state index contributed by atoms with van der Waals surface area (Å²) in [6.07, 6.45) is -4.83. The van der Waals surface area contributed by atoms with E-state index in [-0.39, 0.29) is 18.6 Å². The van der Waals surface area contributed by atoms with E-state index >= 15 is 0 Å². The zero-order valence-electron chi connectivity index (χ0n) is 12.7. The Labute approximate surface area is 130 Å². The predicted octanol–water partition coefficient (Wildman–Crippen LogP) is 4.65. The summed E-state index contributed by atoms with van der Waals surface area (Å²) in [6.45, 7) is 2.38. The molecule has 0 N–H and O–H groups in total. The topological polar surface area (TPSA) is 26.3 Å². The van der Waals surface area contributed by atoms with Crippen LogP contribution in [0.1, 0.15) is 43.2 Å². The van der Waals surface area contributed by atoms with E-state index in [4.69, 9.17) is 4.74 Å². The van der Waals surface area contributed by atoms with Gasteiger partial charge >= 0.3 is 12.1 Å². The molecule has 0 amide bonds. The van der Waals surface area contributed by atoms with E-state index in [9.17, 15) is 26.7 Å². The highest BCUT2D eigenvalue weighted by Crippen LogP contribution is 2.55. The lowest BCUT2D eigenvalue weighted by atomic mass is 9.86. The van der Waals surface area contributed by atoms with Gasteiger partial charge in [0.05, 0.1) is 24.4 Å². The first-order chi connectivity index (χ1) is 10.6. The largest absolute Gasteiger partial charge is 0.466 e. The summed E-state index contributed by atoms with van der Waals surface area (Å²) in [5.74, 6) is -8.06. The molecular formula is C16H17F5O2. The van der Waals surface area contributed by atoms with Crippen LogP contribution in [0.2, 0.25) is 0 Å². The third-order valence-corrected chi connectivity index (χ3v) is 4.08. The molecule has 0 radical (unpaired) electrons. The van der Waals surface area contributed by atoms with E-state index < -0.39 is 35.8 Å². The second kappa shape index (κ2) is 6.09. The van der Waals surface area contributed by atoms with Crippen molar-refractivity contribution in [2.24, 2.45) is 5.92 Å². The molecule has 0 aromatic heterocycles. The zero-order valence-corrected chi connectivity index (χ0v) is 12.7. The molecule has 1 aliphatic rings. The van der Waals surface area contributed by atoms with Crippen LogP contribution in [0.15, 0.2) is 24.3 Å². The second-order valence-corrected chi connectivity index (χ2v) is 5.74. The van der Waals surface area contributed by atoms with Crippen LogP contribution in [-0.2, 0) is 9.53 Å². The number of ether oxygens (including phenoxy) is 1. The van der Waals surface area contributed by atoms with E-state index in [2.05, 4.69) is 0 Å². The smallest absolute Gasteiger partial charge is 0.392 e. The van der Waals surface area contributed by atoms with Gasteiger partial charge in [0.2, 0.25) is 0 Å². The minimum absolute atomic E-state index is 0.0354. The molecule has 0 saturated heterocycles. The number of carbonyl (C=O) groups is 1. The van der Waals surface area contributed by atoms with Gasteiger partial charge in [-0.3, -0.25) is 4.79 Å². The van der Waals surface area contributed by atoms with Crippen molar-refractivity contribution in [3.63, 3.8) is 0 Å². The molecule has 3 atom stereocenters. The highest BCUT2D eigenvalue weighted by molar-refractivity contribution is 5.78. The molecule has 1 aromatic carbocycles. The Morgan fingerprint density at radius 1 is 1.30 bits per heavy atom. The van der Waals surface area contributed by atoms with Gasteiger partial charge in [-0.05, 0) is 18.1 Å². The maximum atomic E-state index is 13.0. The summed E-state index contributed by atoms with van der Waals surface area (Å²) in [7, 11) is 0. The number of hydrogen-bond donors (Lipinski definition) is 0. The van der Waals surface area contributed by atoms with Crippen LogP contribution in [0.4, 0.5) is 22.0 Å². The molecule has 1 aliphatic carbocycles. The number of benzene rings is 1. The van der Waals surface area contributed by atoms with Crippen molar-refractivity contribution in [2.45, 2.75) is 44.2 Å². The number of alkyl halides is 5. The first-order valence-corrected chi connectivity index (χ1v) is 7.29. The van der Waals surface area contributed by atoms with Crippen molar-refractivity contribution < 1.29 is 31.5 Å². The summed E-state index contributed by atoms with van der Waals surface area (Å²) >= 11 is 0. The van der Waals surface area contributed by atoms with Crippen molar-refractivity contribution >= 4 is 5.97 Å². The Balaban J connectivity index is 2.26. The van der Waals surface area contributed by atoms with Crippen molar-refractivity contribution in [3.05, 3.63) is 35.4 Å². The Kier molecular flexibility index (Phi) is 4.69. The van der Waals surface area contributed by atoms with Gasteiger partial charge in [-0.15, -0.1) is 0 Å².